The van der Waals surface area contributed by atoms with Crippen molar-refractivity contribution in [3.05, 3.63) is 71.8 Å². The lowest BCUT2D eigenvalue weighted by atomic mass is 9.78. The molecule has 2 saturated heterocycles. The van der Waals surface area contributed by atoms with Gasteiger partial charge in [0.05, 0.1) is 6.04 Å². The molecule has 0 spiro atoms. The Balaban J connectivity index is 1.43. The Morgan fingerprint density at radius 2 is 1.35 bits per heavy atom. The fourth-order valence-electron chi connectivity index (χ4n) is 4.63. The highest BCUT2D eigenvalue weighted by molar-refractivity contribution is 5.73. The van der Waals surface area contributed by atoms with Crippen molar-refractivity contribution in [1.82, 2.24) is 9.80 Å². The molecule has 2 fully saturated rings. The maximum Gasteiger partial charge on any atom is 0.219 e. The third kappa shape index (κ3) is 3.54. The molecule has 0 aromatic heterocycles. The van der Waals surface area contributed by atoms with Gasteiger partial charge in [-0.2, -0.15) is 0 Å². The quantitative estimate of drug-likeness (QED) is 0.835. The molecule has 26 heavy (non-hydrogen) atoms. The number of likely N-dealkylation sites (tertiary alicyclic amines) is 2. The Morgan fingerprint density at radius 3 is 1.81 bits per heavy atom. The van der Waals surface area contributed by atoms with Gasteiger partial charge in [-0.05, 0) is 35.8 Å². The molecular weight excluding hydrogens is 320 g/mol. The molecule has 3 nitrogen and oxygen atoms in total. The van der Waals surface area contributed by atoms with Crippen LogP contribution >= 0.6 is 0 Å². The average molecular weight is 348 g/mol. The fourth-order valence-corrected chi connectivity index (χ4v) is 4.63. The molecule has 0 atom stereocenters. The third-order valence-electron chi connectivity index (χ3n) is 6.19. The summed E-state index contributed by atoms with van der Waals surface area (Å²) >= 11 is 0. The van der Waals surface area contributed by atoms with Crippen LogP contribution in [0.2, 0.25) is 0 Å². The first-order valence-corrected chi connectivity index (χ1v) is 9.82. The number of hydrogen-bond donors (Lipinski definition) is 0. The van der Waals surface area contributed by atoms with Gasteiger partial charge in [0.2, 0.25) is 5.91 Å². The van der Waals surface area contributed by atoms with E-state index < -0.39 is 0 Å². The smallest absolute Gasteiger partial charge is 0.219 e. The highest BCUT2D eigenvalue weighted by atomic mass is 16.2. The topological polar surface area (TPSA) is 23.6 Å². The molecule has 1 amide bonds. The van der Waals surface area contributed by atoms with Gasteiger partial charge in [0.1, 0.15) is 0 Å². The molecule has 0 radical (unpaired) electrons. The van der Waals surface area contributed by atoms with Gasteiger partial charge >= 0.3 is 0 Å². The Morgan fingerprint density at radius 1 is 0.846 bits per heavy atom. The molecule has 0 bridgehead atoms. The summed E-state index contributed by atoms with van der Waals surface area (Å²) in [6.45, 7) is 5.91. The van der Waals surface area contributed by atoms with Crippen LogP contribution in [0.4, 0.5) is 0 Å². The second kappa shape index (κ2) is 7.63. The SMILES string of the molecule is CC(=O)N1CCC(C2CN(C(c3ccccc3)c3ccccc3)C2)CC1. The second-order valence-corrected chi connectivity index (χ2v) is 7.78. The number of piperidine rings is 1. The van der Waals surface area contributed by atoms with Crippen LogP contribution in [0.25, 0.3) is 0 Å². The molecule has 0 N–H and O–H groups in total. The van der Waals surface area contributed by atoms with E-state index in [2.05, 4.69) is 65.6 Å². The van der Waals surface area contributed by atoms with Crippen LogP contribution in [-0.4, -0.2) is 41.9 Å². The zero-order valence-electron chi connectivity index (χ0n) is 15.6. The van der Waals surface area contributed by atoms with Crippen molar-refractivity contribution in [3.8, 4) is 0 Å². The minimum atomic E-state index is 0.229. The van der Waals surface area contributed by atoms with E-state index in [0.717, 1.165) is 24.9 Å². The van der Waals surface area contributed by atoms with E-state index in [1.165, 1.54) is 37.1 Å². The summed E-state index contributed by atoms with van der Waals surface area (Å²) in [6.07, 6.45) is 2.33. The molecule has 0 aliphatic carbocycles. The van der Waals surface area contributed by atoms with Crippen LogP contribution in [0.1, 0.15) is 36.9 Å². The number of rotatable bonds is 4. The van der Waals surface area contributed by atoms with Crippen LogP contribution in [0, 0.1) is 11.8 Å². The van der Waals surface area contributed by atoms with E-state index in [4.69, 9.17) is 0 Å². The highest BCUT2D eigenvalue weighted by Crippen LogP contribution is 2.39. The number of nitrogens with zero attached hydrogens (tertiary/aromatic N) is 2. The number of amides is 1. The van der Waals surface area contributed by atoms with Crippen LogP contribution in [0.5, 0.6) is 0 Å². The van der Waals surface area contributed by atoms with E-state index in [9.17, 15) is 4.79 Å². The van der Waals surface area contributed by atoms with Crippen LogP contribution in [0.15, 0.2) is 60.7 Å². The van der Waals surface area contributed by atoms with Gasteiger partial charge in [0.25, 0.3) is 0 Å². The molecule has 2 aliphatic rings. The maximum atomic E-state index is 11.5. The van der Waals surface area contributed by atoms with Crippen molar-refractivity contribution in [3.63, 3.8) is 0 Å². The molecular formula is C23H28N2O. The molecule has 2 aliphatic heterocycles. The Labute approximate surface area is 156 Å². The normalized spacial score (nSPS) is 19.5. The summed E-state index contributed by atoms with van der Waals surface area (Å²) in [5.41, 5.74) is 2.76. The number of carbonyl (C=O) groups is 1. The molecule has 2 heterocycles. The first kappa shape index (κ1) is 17.3. The summed E-state index contributed by atoms with van der Waals surface area (Å²) in [5, 5.41) is 0. The first-order chi connectivity index (χ1) is 12.7. The first-order valence-electron chi connectivity index (χ1n) is 9.82. The van der Waals surface area contributed by atoms with Crippen molar-refractivity contribution in [2.75, 3.05) is 26.2 Å². The van der Waals surface area contributed by atoms with Crippen molar-refractivity contribution in [1.29, 1.82) is 0 Å². The fraction of sp³-hybridized carbons (Fsp3) is 0.435. The van der Waals surface area contributed by atoms with Gasteiger partial charge in [0, 0.05) is 33.1 Å². The van der Waals surface area contributed by atoms with Crippen LogP contribution in [0.3, 0.4) is 0 Å². The van der Waals surface area contributed by atoms with Crippen LogP contribution in [-0.2, 0) is 4.79 Å². The van der Waals surface area contributed by atoms with E-state index in [0.29, 0.717) is 6.04 Å². The van der Waals surface area contributed by atoms with Gasteiger partial charge in [-0.15, -0.1) is 0 Å². The largest absolute Gasteiger partial charge is 0.343 e. The molecule has 0 saturated carbocycles. The zero-order chi connectivity index (χ0) is 17.9. The average Bonchev–Trinajstić information content (AvgIpc) is 2.66. The van der Waals surface area contributed by atoms with E-state index in [1.807, 2.05) is 4.90 Å². The Hall–Kier alpha value is -2.13. The van der Waals surface area contributed by atoms with Crippen molar-refractivity contribution < 1.29 is 4.79 Å². The maximum absolute atomic E-state index is 11.5. The van der Waals surface area contributed by atoms with Gasteiger partial charge in [-0.25, -0.2) is 0 Å². The predicted octanol–water partition coefficient (Wildman–Crippen LogP) is 3.97. The van der Waals surface area contributed by atoms with Crippen LogP contribution < -0.4 is 0 Å². The Bertz CT molecular complexity index is 677. The summed E-state index contributed by atoms with van der Waals surface area (Å²) in [6, 6.07) is 22.1. The summed E-state index contributed by atoms with van der Waals surface area (Å²) in [5.74, 6) is 1.78. The summed E-state index contributed by atoms with van der Waals surface area (Å²) in [7, 11) is 0. The van der Waals surface area contributed by atoms with E-state index in [1.54, 1.807) is 6.92 Å². The number of carbonyl (C=O) groups excluding carboxylic acids is 1. The number of benzene rings is 2. The van der Waals surface area contributed by atoms with E-state index in [-0.39, 0.29) is 5.91 Å². The van der Waals surface area contributed by atoms with Crippen molar-refractivity contribution in [2.24, 2.45) is 11.8 Å². The second-order valence-electron chi connectivity index (χ2n) is 7.78. The molecule has 4 rings (SSSR count). The van der Waals surface area contributed by atoms with Gasteiger partial charge in [-0.3, -0.25) is 9.69 Å². The predicted molar refractivity (Wildman–Crippen MR) is 105 cm³/mol. The summed E-state index contributed by atoms with van der Waals surface area (Å²) in [4.78, 5) is 16.2. The Kier molecular flexibility index (Phi) is 5.07. The van der Waals surface area contributed by atoms with Gasteiger partial charge < -0.3 is 4.90 Å². The molecule has 2 aromatic rings. The standard InChI is InChI=1S/C23H28N2O/c1-18(26)24-14-12-19(13-15-24)22-16-25(17-22)23(20-8-4-2-5-9-20)21-10-6-3-7-11-21/h2-11,19,22-23H,12-17H2,1H3. The lowest BCUT2D eigenvalue weighted by molar-refractivity contribution is -0.130. The van der Waals surface area contributed by atoms with Gasteiger partial charge in [-0.1, -0.05) is 60.7 Å². The zero-order valence-corrected chi connectivity index (χ0v) is 15.6. The van der Waals surface area contributed by atoms with E-state index >= 15 is 0 Å². The minimum absolute atomic E-state index is 0.229. The lowest BCUT2D eigenvalue weighted by Crippen LogP contribution is -2.53. The van der Waals surface area contributed by atoms with Crippen molar-refractivity contribution >= 4 is 5.91 Å². The monoisotopic (exact) mass is 348 g/mol. The molecule has 136 valence electrons. The number of hydrogen-bond acceptors (Lipinski definition) is 2. The van der Waals surface area contributed by atoms with Crippen molar-refractivity contribution in [2.45, 2.75) is 25.8 Å². The molecule has 2 aromatic carbocycles. The lowest BCUT2D eigenvalue weighted by Gasteiger charge is -2.49. The molecule has 0 unspecified atom stereocenters. The molecule has 3 heteroatoms. The third-order valence-corrected chi connectivity index (χ3v) is 6.19. The minimum Gasteiger partial charge on any atom is -0.343 e. The highest BCUT2D eigenvalue weighted by Gasteiger charge is 2.39. The summed E-state index contributed by atoms with van der Waals surface area (Å²) < 4.78 is 0. The van der Waals surface area contributed by atoms with Gasteiger partial charge in [0.15, 0.2) is 0 Å².